The molecule has 0 atom stereocenters. The van der Waals surface area contributed by atoms with E-state index < -0.39 is 0 Å². The van der Waals surface area contributed by atoms with Crippen LogP contribution in [-0.4, -0.2) is 19.7 Å². The Kier molecular flexibility index (Phi) is 5.78. The van der Waals surface area contributed by atoms with Gasteiger partial charge in [0.05, 0.1) is 6.61 Å². The fraction of sp³-hybridized carbons (Fsp3) is 0.714. The Balaban J connectivity index is 2.07. The first kappa shape index (κ1) is 18.3. The second-order valence-electron chi connectivity index (χ2n) is 9.04. The monoisotopic (exact) mass is 317 g/mol. The second kappa shape index (κ2) is 7.25. The van der Waals surface area contributed by atoms with Gasteiger partial charge in [-0.05, 0) is 66.3 Å². The summed E-state index contributed by atoms with van der Waals surface area (Å²) in [6.07, 6.45) is 3.75. The zero-order valence-corrected chi connectivity index (χ0v) is 16.0. The van der Waals surface area contributed by atoms with Crippen molar-refractivity contribution in [2.75, 3.05) is 19.7 Å². The molecule has 1 saturated heterocycles. The Morgan fingerprint density at radius 3 is 2.22 bits per heavy atom. The lowest BCUT2D eigenvalue weighted by Crippen LogP contribution is -2.28. The van der Waals surface area contributed by atoms with Crippen LogP contribution < -0.4 is 10.1 Å². The standard InChI is InChI=1S/C21H35NO/c1-20(2,3)17-7-8-19(18(15-17)21(4,5)6)23-14-11-16-9-12-22-13-10-16/h7-8,15-16,22H,9-14H2,1-6H3. The third kappa shape index (κ3) is 5.24. The summed E-state index contributed by atoms with van der Waals surface area (Å²) in [5, 5.41) is 3.43. The largest absolute Gasteiger partial charge is 0.493 e. The number of piperidine rings is 1. The summed E-state index contributed by atoms with van der Waals surface area (Å²) in [6, 6.07) is 6.76. The van der Waals surface area contributed by atoms with Crippen LogP contribution in [0.25, 0.3) is 0 Å². The normalized spacial score (nSPS) is 17.3. The first-order valence-electron chi connectivity index (χ1n) is 9.16. The lowest BCUT2D eigenvalue weighted by molar-refractivity contribution is 0.248. The zero-order chi connectivity index (χ0) is 17.1. The van der Waals surface area contributed by atoms with Crippen LogP contribution in [0.3, 0.4) is 0 Å². The molecule has 1 fully saturated rings. The van der Waals surface area contributed by atoms with Crippen LogP contribution in [-0.2, 0) is 10.8 Å². The first-order valence-corrected chi connectivity index (χ1v) is 9.16. The van der Waals surface area contributed by atoms with Crippen LogP contribution in [0.4, 0.5) is 0 Å². The Morgan fingerprint density at radius 1 is 1.00 bits per heavy atom. The molecule has 0 radical (unpaired) electrons. The number of rotatable bonds is 4. The van der Waals surface area contributed by atoms with E-state index in [1.807, 2.05) is 0 Å². The molecular formula is C21H35NO. The van der Waals surface area contributed by atoms with E-state index in [0.29, 0.717) is 0 Å². The smallest absolute Gasteiger partial charge is 0.123 e. The van der Waals surface area contributed by atoms with Crippen LogP contribution in [0.2, 0.25) is 0 Å². The molecule has 1 aliphatic rings. The highest BCUT2D eigenvalue weighted by atomic mass is 16.5. The fourth-order valence-corrected chi connectivity index (χ4v) is 3.21. The molecule has 2 nitrogen and oxygen atoms in total. The van der Waals surface area contributed by atoms with Gasteiger partial charge in [0, 0.05) is 0 Å². The van der Waals surface area contributed by atoms with Gasteiger partial charge in [-0.1, -0.05) is 53.7 Å². The van der Waals surface area contributed by atoms with Gasteiger partial charge in [0.1, 0.15) is 5.75 Å². The molecular weight excluding hydrogens is 282 g/mol. The topological polar surface area (TPSA) is 21.3 Å². The highest BCUT2D eigenvalue weighted by Gasteiger charge is 2.23. The maximum atomic E-state index is 6.21. The van der Waals surface area contributed by atoms with E-state index in [9.17, 15) is 0 Å². The Hall–Kier alpha value is -1.02. The number of nitrogens with one attached hydrogen (secondary N) is 1. The molecule has 130 valence electrons. The summed E-state index contributed by atoms with van der Waals surface area (Å²) in [5.74, 6) is 1.89. The van der Waals surface area contributed by atoms with Crippen LogP contribution in [0.5, 0.6) is 5.75 Å². The van der Waals surface area contributed by atoms with E-state index in [2.05, 4.69) is 65.1 Å². The van der Waals surface area contributed by atoms with Crippen molar-refractivity contribution >= 4 is 0 Å². The third-order valence-corrected chi connectivity index (χ3v) is 4.90. The van der Waals surface area contributed by atoms with Gasteiger partial charge in [-0.15, -0.1) is 0 Å². The van der Waals surface area contributed by atoms with E-state index in [-0.39, 0.29) is 10.8 Å². The zero-order valence-electron chi connectivity index (χ0n) is 16.0. The average Bonchev–Trinajstić information content (AvgIpc) is 2.46. The summed E-state index contributed by atoms with van der Waals surface area (Å²) in [4.78, 5) is 0. The maximum absolute atomic E-state index is 6.21. The summed E-state index contributed by atoms with van der Waals surface area (Å²) < 4.78 is 6.21. The minimum Gasteiger partial charge on any atom is -0.493 e. The van der Waals surface area contributed by atoms with Gasteiger partial charge < -0.3 is 10.1 Å². The van der Waals surface area contributed by atoms with E-state index >= 15 is 0 Å². The van der Waals surface area contributed by atoms with E-state index in [1.165, 1.54) is 30.4 Å². The van der Waals surface area contributed by atoms with Crippen molar-refractivity contribution < 1.29 is 4.74 Å². The molecule has 1 aromatic carbocycles. The van der Waals surface area contributed by atoms with Crippen molar-refractivity contribution in [1.29, 1.82) is 0 Å². The van der Waals surface area contributed by atoms with Crippen molar-refractivity contribution in [2.45, 2.75) is 71.6 Å². The predicted octanol–water partition coefficient (Wildman–Crippen LogP) is 5.05. The predicted molar refractivity (Wildman–Crippen MR) is 99.5 cm³/mol. The summed E-state index contributed by atoms with van der Waals surface area (Å²) in [6.45, 7) is 16.8. The minimum atomic E-state index is 0.103. The maximum Gasteiger partial charge on any atom is 0.123 e. The fourth-order valence-electron chi connectivity index (χ4n) is 3.21. The van der Waals surface area contributed by atoms with E-state index in [0.717, 1.165) is 31.4 Å². The molecule has 0 aliphatic carbocycles. The van der Waals surface area contributed by atoms with Gasteiger partial charge in [0.25, 0.3) is 0 Å². The number of benzene rings is 1. The summed E-state index contributed by atoms with van der Waals surface area (Å²) in [7, 11) is 0. The Bertz CT molecular complexity index is 502. The quantitative estimate of drug-likeness (QED) is 0.839. The molecule has 1 aromatic rings. The van der Waals surface area contributed by atoms with Crippen molar-refractivity contribution in [1.82, 2.24) is 5.32 Å². The van der Waals surface area contributed by atoms with Crippen molar-refractivity contribution in [3.8, 4) is 5.75 Å². The molecule has 23 heavy (non-hydrogen) atoms. The third-order valence-electron chi connectivity index (χ3n) is 4.90. The molecule has 0 unspecified atom stereocenters. The van der Waals surface area contributed by atoms with E-state index in [1.54, 1.807) is 0 Å². The summed E-state index contributed by atoms with van der Waals surface area (Å²) in [5.41, 5.74) is 2.99. The van der Waals surface area contributed by atoms with E-state index in [4.69, 9.17) is 4.74 Å². The van der Waals surface area contributed by atoms with Gasteiger partial charge >= 0.3 is 0 Å². The van der Waals surface area contributed by atoms with Crippen LogP contribution in [0.15, 0.2) is 18.2 Å². The van der Waals surface area contributed by atoms with Crippen LogP contribution in [0, 0.1) is 5.92 Å². The summed E-state index contributed by atoms with van der Waals surface area (Å²) >= 11 is 0. The molecule has 2 heteroatoms. The first-order chi connectivity index (χ1) is 10.7. The SMILES string of the molecule is CC(C)(C)c1ccc(OCCC2CCNCC2)c(C(C)(C)C)c1. The molecule has 2 rings (SSSR count). The van der Waals surface area contributed by atoms with Crippen LogP contribution in [0.1, 0.15) is 71.9 Å². The lowest BCUT2D eigenvalue weighted by atomic mass is 9.80. The van der Waals surface area contributed by atoms with Gasteiger partial charge in [-0.3, -0.25) is 0 Å². The molecule has 1 heterocycles. The van der Waals surface area contributed by atoms with Gasteiger partial charge in [-0.25, -0.2) is 0 Å². The van der Waals surface area contributed by atoms with Crippen molar-refractivity contribution in [3.05, 3.63) is 29.3 Å². The molecule has 1 aliphatic heterocycles. The molecule has 0 amide bonds. The van der Waals surface area contributed by atoms with Gasteiger partial charge in [0.15, 0.2) is 0 Å². The average molecular weight is 318 g/mol. The molecule has 0 saturated carbocycles. The number of hydrogen-bond acceptors (Lipinski definition) is 2. The van der Waals surface area contributed by atoms with Gasteiger partial charge in [-0.2, -0.15) is 0 Å². The van der Waals surface area contributed by atoms with Crippen molar-refractivity contribution in [2.24, 2.45) is 5.92 Å². The minimum absolute atomic E-state index is 0.103. The van der Waals surface area contributed by atoms with Gasteiger partial charge in [0.2, 0.25) is 0 Å². The molecule has 0 spiro atoms. The van der Waals surface area contributed by atoms with Crippen molar-refractivity contribution in [3.63, 3.8) is 0 Å². The second-order valence-corrected chi connectivity index (χ2v) is 9.04. The molecule has 1 N–H and O–H groups in total. The Labute approximate surface area is 143 Å². The Morgan fingerprint density at radius 2 is 1.65 bits per heavy atom. The number of ether oxygens (including phenoxy) is 1. The molecule has 0 aromatic heterocycles. The molecule has 0 bridgehead atoms. The highest BCUT2D eigenvalue weighted by molar-refractivity contribution is 5.43. The number of hydrogen-bond donors (Lipinski definition) is 1. The van der Waals surface area contributed by atoms with Crippen LogP contribution >= 0.6 is 0 Å². The highest BCUT2D eigenvalue weighted by Crippen LogP contribution is 2.35. The lowest BCUT2D eigenvalue weighted by Gasteiger charge is -2.28.